The van der Waals surface area contributed by atoms with E-state index < -0.39 is 0 Å². The van der Waals surface area contributed by atoms with Gasteiger partial charge in [0.2, 0.25) is 0 Å². The topological polar surface area (TPSA) is 66.5 Å². The Bertz CT molecular complexity index is 731. The highest BCUT2D eigenvalue weighted by Gasteiger charge is 2.18. The third-order valence-electron chi connectivity index (χ3n) is 3.18. The molecule has 0 unspecified atom stereocenters. The van der Waals surface area contributed by atoms with Crippen LogP contribution in [0.3, 0.4) is 0 Å². The van der Waals surface area contributed by atoms with Crippen molar-refractivity contribution in [2.75, 3.05) is 0 Å². The lowest BCUT2D eigenvalue weighted by Gasteiger charge is -2.18. The molecule has 2 N–H and O–H groups in total. The predicted molar refractivity (Wildman–Crippen MR) is 82.6 cm³/mol. The molecule has 2 aromatic rings. The minimum atomic E-state index is -0.145. The fourth-order valence-corrected chi connectivity index (χ4v) is 2.40. The van der Waals surface area contributed by atoms with Crippen LogP contribution >= 0.6 is 12.2 Å². The zero-order valence-corrected chi connectivity index (χ0v) is 13.3. The van der Waals surface area contributed by atoms with Gasteiger partial charge in [-0.15, -0.1) is 0 Å². The van der Waals surface area contributed by atoms with Gasteiger partial charge in [-0.1, -0.05) is 20.8 Å². The van der Waals surface area contributed by atoms with Crippen molar-refractivity contribution in [3.05, 3.63) is 33.0 Å². The number of pyridine rings is 1. The summed E-state index contributed by atoms with van der Waals surface area (Å²) in [5.74, 6) is 0.576. The third-order valence-corrected chi connectivity index (χ3v) is 3.47. The summed E-state index contributed by atoms with van der Waals surface area (Å²) < 4.78 is 2.37. The number of hydrogen-bond acceptors (Lipinski definition) is 3. The molecule has 0 aromatic carbocycles. The molecule has 2 aromatic heterocycles. The van der Waals surface area contributed by atoms with Gasteiger partial charge >= 0.3 is 0 Å². The van der Waals surface area contributed by atoms with Gasteiger partial charge in [0.05, 0.1) is 5.56 Å². The molecule has 0 spiro atoms. The summed E-state index contributed by atoms with van der Waals surface area (Å²) in [5.41, 5.74) is 1.18. The van der Waals surface area contributed by atoms with E-state index in [1.165, 1.54) is 0 Å². The third kappa shape index (κ3) is 2.60. The quantitative estimate of drug-likeness (QED) is 0.835. The molecule has 0 radical (unpaired) electrons. The Kier molecular flexibility index (Phi) is 3.69. The molecule has 0 atom stereocenters. The summed E-state index contributed by atoms with van der Waals surface area (Å²) in [5, 5.41) is 6.94. The van der Waals surface area contributed by atoms with Crippen LogP contribution in [-0.2, 0) is 5.41 Å². The summed E-state index contributed by atoms with van der Waals surface area (Å²) in [6, 6.07) is 3.88. The maximum Gasteiger partial charge on any atom is 0.259 e. The molecule has 2 rings (SSSR count). The lowest BCUT2D eigenvalue weighted by atomic mass is 9.91. The number of H-pyrrole nitrogens is 2. The Balaban J connectivity index is 2.61. The number of nitrogens with one attached hydrogen (secondary N) is 2. The van der Waals surface area contributed by atoms with Crippen LogP contribution in [0.5, 0.6) is 0 Å². The van der Waals surface area contributed by atoms with Crippen LogP contribution in [-0.4, -0.2) is 19.7 Å². The van der Waals surface area contributed by atoms with Gasteiger partial charge in [-0.25, -0.2) is 0 Å². The van der Waals surface area contributed by atoms with Crippen molar-refractivity contribution in [2.24, 2.45) is 0 Å². The summed E-state index contributed by atoms with van der Waals surface area (Å²) in [4.78, 5) is 15.2. The molecule has 0 aliphatic carbocycles. The van der Waals surface area contributed by atoms with Gasteiger partial charge in [0, 0.05) is 17.2 Å². The number of aromatic amines is 2. The van der Waals surface area contributed by atoms with Gasteiger partial charge in [0.1, 0.15) is 0 Å². The average molecular weight is 292 g/mol. The minimum absolute atomic E-state index is 0.0968. The van der Waals surface area contributed by atoms with Gasteiger partial charge in [0.25, 0.3) is 5.56 Å². The molecular weight excluding hydrogens is 272 g/mol. The highest BCUT2D eigenvalue weighted by atomic mass is 32.1. The SMILES string of the molecule is CC(C)n1c(-c2ccc(C(C)(C)C)[nH]c2=O)n[nH]c1=S. The first-order valence-electron chi connectivity index (χ1n) is 6.63. The molecule has 5 nitrogen and oxygen atoms in total. The van der Waals surface area contributed by atoms with E-state index in [0.717, 1.165) is 5.69 Å². The molecule has 0 saturated heterocycles. The first-order valence-corrected chi connectivity index (χ1v) is 7.03. The molecule has 0 fully saturated rings. The minimum Gasteiger partial charge on any atom is -0.325 e. The summed E-state index contributed by atoms with van der Waals surface area (Å²) in [6.45, 7) is 10.2. The van der Waals surface area contributed by atoms with Crippen molar-refractivity contribution in [3.63, 3.8) is 0 Å². The molecule has 0 aliphatic rings. The standard InChI is InChI=1S/C14H20N4OS/c1-8(2)18-11(16-17-13(18)20)9-6-7-10(14(3,4)5)15-12(9)19/h6-8H,1-5H3,(H,15,19)(H,17,20). The van der Waals surface area contributed by atoms with E-state index in [1.54, 1.807) is 0 Å². The molecule has 0 saturated carbocycles. The van der Waals surface area contributed by atoms with Crippen LogP contribution in [0.25, 0.3) is 11.4 Å². The summed E-state index contributed by atoms with van der Waals surface area (Å²) in [7, 11) is 0. The molecule has 0 amide bonds. The van der Waals surface area contributed by atoms with Crippen molar-refractivity contribution >= 4 is 12.2 Å². The predicted octanol–water partition coefficient (Wildman–Crippen LogP) is 3.17. The molecule has 2 heterocycles. The second-order valence-corrected chi connectivity index (χ2v) is 6.57. The summed E-state index contributed by atoms with van der Waals surface area (Å²) in [6.07, 6.45) is 0. The van der Waals surface area contributed by atoms with Crippen LogP contribution in [0.2, 0.25) is 0 Å². The molecule has 0 bridgehead atoms. The van der Waals surface area contributed by atoms with Crippen molar-refractivity contribution < 1.29 is 0 Å². The van der Waals surface area contributed by atoms with E-state index in [0.29, 0.717) is 16.2 Å². The van der Waals surface area contributed by atoms with Gasteiger partial charge in [0.15, 0.2) is 10.6 Å². The molecule has 20 heavy (non-hydrogen) atoms. The first-order chi connectivity index (χ1) is 9.21. The number of aromatic nitrogens is 4. The van der Waals surface area contributed by atoms with E-state index in [2.05, 4.69) is 36.0 Å². The normalized spacial score (nSPS) is 12.1. The van der Waals surface area contributed by atoms with E-state index in [1.807, 2.05) is 30.5 Å². The fraction of sp³-hybridized carbons (Fsp3) is 0.500. The highest BCUT2D eigenvalue weighted by Crippen LogP contribution is 2.22. The van der Waals surface area contributed by atoms with E-state index >= 15 is 0 Å². The Morgan fingerprint density at radius 2 is 1.95 bits per heavy atom. The van der Waals surface area contributed by atoms with Crippen LogP contribution < -0.4 is 5.56 Å². The maximum absolute atomic E-state index is 12.3. The van der Waals surface area contributed by atoms with Crippen molar-refractivity contribution in [1.29, 1.82) is 0 Å². The Hall–Kier alpha value is -1.69. The highest BCUT2D eigenvalue weighted by molar-refractivity contribution is 7.71. The molecule has 0 aliphatic heterocycles. The van der Waals surface area contributed by atoms with Crippen LogP contribution in [0, 0.1) is 4.77 Å². The van der Waals surface area contributed by atoms with Crippen LogP contribution in [0.4, 0.5) is 0 Å². The molecule has 108 valence electrons. The van der Waals surface area contributed by atoms with E-state index in [-0.39, 0.29) is 17.0 Å². The van der Waals surface area contributed by atoms with Gasteiger partial charge < -0.3 is 4.98 Å². The van der Waals surface area contributed by atoms with Gasteiger partial charge in [-0.2, -0.15) is 5.10 Å². The monoisotopic (exact) mass is 292 g/mol. The van der Waals surface area contributed by atoms with Crippen LogP contribution in [0.15, 0.2) is 16.9 Å². The fourth-order valence-electron chi connectivity index (χ4n) is 2.06. The zero-order valence-electron chi connectivity index (χ0n) is 12.4. The van der Waals surface area contributed by atoms with Crippen LogP contribution in [0.1, 0.15) is 46.4 Å². The largest absolute Gasteiger partial charge is 0.325 e. The van der Waals surface area contributed by atoms with Crippen molar-refractivity contribution in [1.82, 2.24) is 19.7 Å². The maximum atomic E-state index is 12.3. The average Bonchev–Trinajstić information content (AvgIpc) is 2.69. The lowest BCUT2D eigenvalue weighted by Crippen LogP contribution is -2.21. The lowest BCUT2D eigenvalue weighted by molar-refractivity contribution is 0.566. The second-order valence-electron chi connectivity index (χ2n) is 6.18. The van der Waals surface area contributed by atoms with Crippen molar-refractivity contribution in [2.45, 2.75) is 46.1 Å². The van der Waals surface area contributed by atoms with E-state index in [4.69, 9.17) is 12.2 Å². The number of hydrogen-bond donors (Lipinski definition) is 2. The molecule has 6 heteroatoms. The Morgan fingerprint density at radius 1 is 1.30 bits per heavy atom. The number of nitrogens with zero attached hydrogens (tertiary/aromatic N) is 2. The van der Waals surface area contributed by atoms with E-state index in [9.17, 15) is 4.79 Å². The second kappa shape index (κ2) is 5.01. The Labute approximate surface area is 123 Å². The Morgan fingerprint density at radius 3 is 2.45 bits per heavy atom. The van der Waals surface area contributed by atoms with Gasteiger partial charge in [-0.3, -0.25) is 14.5 Å². The summed E-state index contributed by atoms with van der Waals surface area (Å²) >= 11 is 5.21. The molecular formula is C14H20N4OS. The van der Waals surface area contributed by atoms with Crippen molar-refractivity contribution in [3.8, 4) is 11.4 Å². The first kappa shape index (κ1) is 14.7. The van der Waals surface area contributed by atoms with Gasteiger partial charge in [-0.05, 0) is 38.2 Å². The smallest absolute Gasteiger partial charge is 0.259 e. The zero-order chi connectivity index (χ0) is 15.1. The number of rotatable bonds is 2.